The molecular weight excluding hydrogens is 265 g/mol. The van der Waals surface area contributed by atoms with Crippen molar-refractivity contribution in [2.45, 2.75) is 25.9 Å². The number of hydrogen-bond acceptors (Lipinski definition) is 2. The van der Waals surface area contributed by atoms with E-state index in [1.165, 1.54) is 23.3 Å². The van der Waals surface area contributed by atoms with Crippen LogP contribution in [0.4, 0.5) is 4.39 Å². The van der Waals surface area contributed by atoms with Crippen molar-refractivity contribution in [3.8, 4) is 0 Å². The molecule has 0 aromatic heterocycles. The molecule has 0 aliphatic heterocycles. The van der Waals surface area contributed by atoms with Gasteiger partial charge in [-0.25, -0.2) is 4.39 Å². The van der Waals surface area contributed by atoms with Gasteiger partial charge in [0, 0.05) is 12.0 Å². The predicted molar refractivity (Wildman–Crippen MR) is 81.4 cm³/mol. The summed E-state index contributed by atoms with van der Waals surface area (Å²) in [6, 6.07) is 12.7. The summed E-state index contributed by atoms with van der Waals surface area (Å²) < 4.78 is 13.5. The first-order valence-electron chi connectivity index (χ1n) is 7.27. The second kappa shape index (κ2) is 5.24. The highest BCUT2D eigenvalue weighted by Crippen LogP contribution is 2.45. The molecule has 0 heterocycles. The second-order valence-corrected chi connectivity index (χ2v) is 6.09. The van der Waals surface area contributed by atoms with Gasteiger partial charge in [0.15, 0.2) is 0 Å². The highest BCUT2D eigenvalue weighted by atomic mass is 19.1. The lowest BCUT2D eigenvalue weighted by Gasteiger charge is -2.34. The van der Waals surface area contributed by atoms with E-state index in [0.717, 1.165) is 18.4 Å². The van der Waals surface area contributed by atoms with Gasteiger partial charge in [-0.15, -0.1) is 0 Å². The summed E-state index contributed by atoms with van der Waals surface area (Å²) in [7, 11) is 0. The van der Waals surface area contributed by atoms with Gasteiger partial charge < -0.3 is 10.8 Å². The van der Waals surface area contributed by atoms with E-state index in [9.17, 15) is 9.50 Å². The fraction of sp³-hybridized carbons (Fsp3) is 0.333. The Morgan fingerprint density at radius 3 is 2.38 bits per heavy atom. The Kier molecular flexibility index (Phi) is 3.56. The van der Waals surface area contributed by atoms with Crippen molar-refractivity contribution in [3.63, 3.8) is 0 Å². The molecule has 1 aliphatic rings. The van der Waals surface area contributed by atoms with Gasteiger partial charge in [0.1, 0.15) is 5.82 Å². The number of aliphatic hydroxyl groups is 1. The molecule has 3 heteroatoms. The van der Waals surface area contributed by atoms with Crippen molar-refractivity contribution >= 4 is 0 Å². The second-order valence-electron chi connectivity index (χ2n) is 6.09. The van der Waals surface area contributed by atoms with E-state index in [2.05, 4.69) is 12.1 Å². The molecule has 3 N–H and O–H groups in total. The van der Waals surface area contributed by atoms with Gasteiger partial charge in [-0.05, 0) is 54.2 Å². The number of aryl methyl sites for hydroxylation is 1. The fourth-order valence-electron chi connectivity index (χ4n) is 3.41. The largest absolute Gasteiger partial charge is 0.388 e. The van der Waals surface area contributed by atoms with Gasteiger partial charge in [0.05, 0.1) is 6.10 Å². The van der Waals surface area contributed by atoms with Crippen molar-refractivity contribution in [3.05, 3.63) is 70.5 Å². The predicted octanol–water partition coefficient (Wildman–Crippen LogP) is 2.91. The van der Waals surface area contributed by atoms with Crippen LogP contribution in [0.1, 0.15) is 28.4 Å². The third kappa shape index (κ3) is 2.37. The standard InChI is InChI=1S/C18H20FNO/c1-12-6-7-15(19)8-16(12)17(21)18(11-20)9-13-4-2-3-5-14(13)10-18/h2-8,17,21H,9-11,20H2,1H3. The maximum Gasteiger partial charge on any atom is 0.123 e. The molecule has 0 bridgehead atoms. The van der Waals surface area contributed by atoms with Gasteiger partial charge in [-0.3, -0.25) is 0 Å². The lowest BCUT2D eigenvalue weighted by Crippen LogP contribution is -2.38. The van der Waals surface area contributed by atoms with E-state index >= 15 is 0 Å². The summed E-state index contributed by atoms with van der Waals surface area (Å²) in [5.41, 5.74) is 9.59. The first-order chi connectivity index (χ1) is 10.1. The van der Waals surface area contributed by atoms with E-state index in [4.69, 9.17) is 5.73 Å². The maximum atomic E-state index is 13.5. The smallest absolute Gasteiger partial charge is 0.123 e. The molecular formula is C18H20FNO. The highest BCUT2D eigenvalue weighted by molar-refractivity contribution is 5.38. The van der Waals surface area contributed by atoms with Gasteiger partial charge >= 0.3 is 0 Å². The van der Waals surface area contributed by atoms with Crippen molar-refractivity contribution < 1.29 is 9.50 Å². The summed E-state index contributed by atoms with van der Waals surface area (Å²) in [5, 5.41) is 10.9. The van der Waals surface area contributed by atoms with E-state index in [1.54, 1.807) is 6.07 Å². The van der Waals surface area contributed by atoms with Gasteiger partial charge in [-0.1, -0.05) is 30.3 Å². The average molecular weight is 285 g/mol. The molecule has 1 unspecified atom stereocenters. The maximum absolute atomic E-state index is 13.5. The molecule has 2 nitrogen and oxygen atoms in total. The van der Waals surface area contributed by atoms with Crippen LogP contribution in [0.3, 0.4) is 0 Å². The normalized spacial score (nSPS) is 17.5. The molecule has 0 radical (unpaired) electrons. The zero-order valence-electron chi connectivity index (χ0n) is 12.1. The van der Waals surface area contributed by atoms with Crippen LogP contribution in [0.15, 0.2) is 42.5 Å². The van der Waals surface area contributed by atoms with Crippen LogP contribution >= 0.6 is 0 Å². The molecule has 2 aromatic carbocycles. The fourth-order valence-corrected chi connectivity index (χ4v) is 3.41. The van der Waals surface area contributed by atoms with E-state index < -0.39 is 11.5 Å². The van der Waals surface area contributed by atoms with Crippen LogP contribution in [0.2, 0.25) is 0 Å². The van der Waals surface area contributed by atoms with E-state index in [1.807, 2.05) is 19.1 Å². The molecule has 2 aromatic rings. The van der Waals surface area contributed by atoms with Crippen molar-refractivity contribution in [2.75, 3.05) is 6.54 Å². The van der Waals surface area contributed by atoms with E-state index in [0.29, 0.717) is 12.1 Å². The number of aliphatic hydroxyl groups excluding tert-OH is 1. The van der Waals surface area contributed by atoms with Crippen LogP contribution in [-0.2, 0) is 12.8 Å². The first-order valence-corrected chi connectivity index (χ1v) is 7.27. The Bertz CT molecular complexity index is 643. The molecule has 0 saturated heterocycles. The van der Waals surface area contributed by atoms with Gasteiger partial charge in [0.2, 0.25) is 0 Å². The molecule has 0 saturated carbocycles. The molecule has 0 spiro atoms. The van der Waals surface area contributed by atoms with Gasteiger partial charge in [-0.2, -0.15) is 0 Å². The summed E-state index contributed by atoms with van der Waals surface area (Å²) in [6.07, 6.45) is 0.707. The number of nitrogens with two attached hydrogens (primary N) is 1. The highest BCUT2D eigenvalue weighted by Gasteiger charge is 2.43. The summed E-state index contributed by atoms with van der Waals surface area (Å²) in [6.45, 7) is 2.27. The minimum Gasteiger partial charge on any atom is -0.388 e. The van der Waals surface area contributed by atoms with Crippen LogP contribution in [0, 0.1) is 18.2 Å². The lowest BCUT2D eigenvalue weighted by molar-refractivity contribution is 0.0351. The summed E-state index contributed by atoms with van der Waals surface area (Å²) in [4.78, 5) is 0. The summed E-state index contributed by atoms with van der Waals surface area (Å²) >= 11 is 0. The van der Waals surface area contributed by atoms with E-state index in [-0.39, 0.29) is 5.82 Å². The lowest BCUT2D eigenvalue weighted by atomic mass is 9.75. The van der Waals surface area contributed by atoms with Crippen LogP contribution in [-0.4, -0.2) is 11.7 Å². The Morgan fingerprint density at radius 1 is 1.19 bits per heavy atom. The third-order valence-electron chi connectivity index (χ3n) is 4.73. The molecule has 1 atom stereocenters. The molecule has 1 aliphatic carbocycles. The minimum atomic E-state index is -0.759. The zero-order chi connectivity index (χ0) is 15.0. The molecule has 3 rings (SSSR count). The topological polar surface area (TPSA) is 46.2 Å². The Hall–Kier alpha value is -1.71. The third-order valence-corrected chi connectivity index (χ3v) is 4.73. The van der Waals surface area contributed by atoms with Gasteiger partial charge in [0.25, 0.3) is 0 Å². The molecule has 0 fully saturated rings. The number of hydrogen-bond donors (Lipinski definition) is 2. The van der Waals surface area contributed by atoms with Crippen molar-refractivity contribution in [2.24, 2.45) is 11.1 Å². The van der Waals surface area contributed by atoms with Crippen LogP contribution in [0.25, 0.3) is 0 Å². The number of halogens is 1. The minimum absolute atomic E-state index is 0.322. The quantitative estimate of drug-likeness (QED) is 0.911. The van der Waals surface area contributed by atoms with Crippen LogP contribution in [0.5, 0.6) is 0 Å². The molecule has 21 heavy (non-hydrogen) atoms. The SMILES string of the molecule is Cc1ccc(F)cc1C(O)C1(CN)Cc2ccccc2C1. The monoisotopic (exact) mass is 285 g/mol. The number of benzene rings is 2. The van der Waals surface area contributed by atoms with Crippen molar-refractivity contribution in [1.29, 1.82) is 0 Å². The zero-order valence-corrected chi connectivity index (χ0v) is 12.1. The Balaban J connectivity index is 2.00. The number of rotatable bonds is 3. The first kappa shape index (κ1) is 14.2. The number of fused-ring (bicyclic) bond motifs is 1. The molecule has 110 valence electrons. The average Bonchev–Trinajstić information content (AvgIpc) is 2.89. The Labute approximate surface area is 124 Å². The molecule has 0 amide bonds. The van der Waals surface area contributed by atoms with Crippen LogP contribution < -0.4 is 5.73 Å². The van der Waals surface area contributed by atoms with Crippen molar-refractivity contribution in [1.82, 2.24) is 0 Å². The summed E-state index contributed by atoms with van der Waals surface area (Å²) in [5.74, 6) is -0.322. The Morgan fingerprint density at radius 2 is 1.81 bits per heavy atom.